The number of hydrogen-bond acceptors (Lipinski definition) is 5. The number of halogens is 1. The van der Waals surface area contributed by atoms with E-state index in [4.69, 9.17) is 10.00 Å². The SMILES string of the molecule is CCCCc1ccc(-c2ccc(C(=O)Oc3ccc(C#N)c(F)c3)cc2)nn1. The Bertz CT molecular complexity index is 1010. The average Bonchev–Trinajstić information content (AvgIpc) is 2.73. The van der Waals surface area contributed by atoms with Crippen molar-refractivity contribution in [2.45, 2.75) is 26.2 Å². The molecule has 0 aliphatic rings. The van der Waals surface area contributed by atoms with Gasteiger partial charge in [0.15, 0.2) is 0 Å². The maximum absolute atomic E-state index is 13.6. The van der Waals surface area contributed by atoms with Crippen molar-refractivity contribution in [3.8, 4) is 23.1 Å². The van der Waals surface area contributed by atoms with Crippen LogP contribution in [0.3, 0.4) is 0 Å². The summed E-state index contributed by atoms with van der Waals surface area (Å²) in [6.07, 6.45) is 3.09. The number of aromatic nitrogens is 2. The standard InChI is InChI=1S/C22H18FN3O2/c1-2-3-4-18-10-12-21(26-25-18)15-5-7-16(8-6-15)22(27)28-19-11-9-17(14-24)20(23)13-19/h5-13H,2-4H2,1H3. The predicted molar refractivity (Wildman–Crippen MR) is 102 cm³/mol. The molecule has 0 bridgehead atoms. The maximum Gasteiger partial charge on any atom is 0.343 e. The third-order valence-corrected chi connectivity index (χ3v) is 4.19. The second-order valence-corrected chi connectivity index (χ2v) is 6.23. The molecule has 0 N–H and O–H groups in total. The quantitative estimate of drug-likeness (QED) is 0.460. The summed E-state index contributed by atoms with van der Waals surface area (Å²) in [6.45, 7) is 2.13. The van der Waals surface area contributed by atoms with Gasteiger partial charge in [0.05, 0.1) is 22.5 Å². The molecule has 0 saturated carbocycles. The molecule has 0 fully saturated rings. The number of esters is 1. The summed E-state index contributed by atoms with van der Waals surface area (Å²) in [5, 5.41) is 17.2. The summed E-state index contributed by atoms with van der Waals surface area (Å²) >= 11 is 0. The predicted octanol–water partition coefficient (Wildman–Crippen LogP) is 4.72. The van der Waals surface area contributed by atoms with Crippen LogP contribution in [0.5, 0.6) is 5.75 Å². The lowest BCUT2D eigenvalue weighted by atomic mass is 10.1. The molecule has 3 rings (SSSR count). The number of nitriles is 1. The smallest absolute Gasteiger partial charge is 0.343 e. The summed E-state index contributed by atoms with van der Waals surface area (Å²) in [5.74, 6) is -1.31. The van der Waals surface area contributed by atoms with Gasteiger partial charge in [-0.3, -0.25) is 0 Å². The largest absolute Gasteiger partial charge is 0.423 e. The van der Waals surface area contributed by atoms with E-state index in [9.17, 15) is 9.18 Å². The maximum atomic E-state index is 13.6. The van der Waals surface area contributed by atoms with Gasteiger partial charge in [-0.1, -0.05) is 25.5 Å². The molecular weight excluding hydrogens is 357 g/mol. The van der Waals surface area contributed by atoms with Crippen molar-refractivity contribution in [3.63, 3.8) is 0 Å². The molecule has 0 radical (unpaired) electrons. The van der Waals surface area contributed by atoms with E-state index < -0.39 is 11.8 Å². The number of aryl methyl sites for hydroxylation is 1. The zero-order chi connectivity index (χ0) is 19.9. The third kappa shape index (κ3) is 4.57. The zero-order valence-corrected chi connectivity index (χ0v) is 15.4. The van der Waals surface area contributed by atoms with Gasteiger partial charge in [-0.05, 0) is 49.2 Å². The summed E-state index contributed by atoms with van der Waals surface area (Å²) in [6, 6.07) is 16.0. The fourth-order valence-corrected chi connectivity index (χ4v) is 2.60. The van der Waals surface area contributed by atoms with Gasteiger partial charge in [0.25, 0.3) is 0 Å². The first-order valence-electron chi connectivity index (χ1n) is 8.95. The van der Waals surface area contributed by atoms with Gasteiger partial charge in [0.1, 0.15) is 17.6 Å². The molecule has 6 heteroatoms. The molecule has 2 aromatic carbocycles. The molecule has 0 spiro atoms. The number of carbonyl (C=O) groups is 1. The van der Waals surface area contributed by atoms with Crippen molar-refractivity contribution >= 4 is 5.97 Å². The van der Waals surface area contributed by atoms with Gasteiger partial charge >= 0.3 is 5.97 Å². The van der Waals surface area contributed by atoms with Gasteiger partial charge in [-0.2, -0.15) is 15.5 Å². The average molecular weight is 375 g/mol. The molecule has 0 atom stereocenters. The van der Waals surface area contributed by atoms with E-state index in [1.165, 1.54) is 12.1 Å². The van der Waals surface area contributed by atoms with E-state index in [2.05, 4.69) is 17.1 Å². The lowest BCUT2D eigenvalue weighted by molar-refractivity contribution is 0.0734. The van der Waals surface area contributed by atoms with Crippen LogP contribution in [-0.2, 0) is 6.42 Å². The molecule has 0 aliphatic heterocycles. The van der Waals surface area contributed by atoms with Crippen molar-refractivity contribution < 1.29 is 13.9 Å². The van der Waals surface area contributed by atoms with Crippen molar-refractivity contribution in [1.82, 2.24) is 10.2 Å². The van der Waals surface area contributed by atoms with Gasteiger partial charge in [-0.25, -0.2) is 9.18 Å². The minimum atomic E-state index is -0.732. The van der Waals surface area contributed by atoms with Crippen LogP contribution < -0.4 is 4.74 Å². The topological polar surface area (TPSA) is 75.9 Å². The molecule has 0 aliphatic carbocycles. The second-order valence-electron chi connectivity index (χ2n) is 6.23. The molecule has 28 heavy (non-hydrogen) atoms. The van der Waals surface area contributed by atoms with Crippen molar-refractivity contribution in [2.24, 2.45) is 0 Å². The summed E-state index contributed by atoms with van der Waals surface area (Å²) in [7, 11) is 0. The second kappa shape index (κ2) is 8.87. The van der Waals surface area contributed by atoms with Gasteiger partial charge in [0, 0.05) is 11.6 Å². The molecular formula is C22H18FN3O2. The first-order valence-corrected chi connectivity index (χ1v) is 8.95. The minimum Gasteiger partial charge on any atom is -0.423 e. The number of hydrogen-bond donors (Lipinski definition) is 0. The zero-order valence-electron chi connectivity index (χ0n) is 15.4. The van der Waals surface area contributed by atoms with Gasteiger partial charge in [-0.15, -0.1) is 0 Å². The summed E-state index contributed by atoms with van der Waals surface area (Å²) in [5.41, 5.74) is 2.72. The Balaban J connectivity index is 1.69. The first-order chi connectivity index (χ1) is 13.6. The molecule has 0 unspecified atom stereocenters. The molecule has 5 nitrogen and oxygen atoms in total. The molecule has 1 heterocycles. The van der Waals surface area contributed by atoms with E-state index in [0.717, 1.165) is 36.6 Å². The van der Waals surface area contributed by atoms with Gasteiger partial charge in [0.2, 0.25) is 0 Å². The van der Waals surface area contributed by atoms with E-state index in [-0.39, 0.29) is 11.3 Å². The van der Waals surface area contributed by atoms with E-state index in [0.29, 0.717) is 11.3 Å². The third-order valence-electron chi connectivity index (χ3n) is 4.19. The summed E-state index contributed by atoms with van der Waals surface area (Å²) in [4.78, 5) is 12.2. The molecule has 0 saturated heterocycles. The van der Waals surface area contributed by atoms with E-state index >= 15 is 0 Å². The number of unbranched alkanes of at least 4 members (excludes halogenated alkanes) is 1. The lowest BCUT2D eigenvalue weighted by Crippen LogP contribution is -2.08. The highest BCUT2D eigenvalue weighted by atomic mass is 19.1. The lowest BCUT2D eigenvalue weighted by Gasteiger charge is -2.06. The van der Waals surface area contributed by atoms with Crippen LogP contribution in [-0.4, -0.2) is 16.2 Å². The minimum absolute atomic E-state index is 0.0408. The number of ether oxygens (including phenoxy) is 1. The van der Waals surface area contributed by atoms with Crippen LogP contribution in [0.2, 0.25) is 0 Å². The van der Waals surface area contributed by atoms with Crippen LogP contribution in [0.1, 0.15) is 41.4 Å². The number of nitrogens with zero attached hydrogens (tertiary/aromatic N) is 3. The molecule has 1 aromatic heterocycles. The van der Waals surface area contributed by atoms with Crippen LogP contribution >= 0.6 is 0 Å². The fourth-order valence-electron chi connectivity index (χ4n) is 2.60. The normalized spacial score (nSPS) is 10.3. The summed E-state index contributed by atoms with van der Waals surface area (Å²) < 4.78 is 18.8. The number of benzene rings is 2. The van der Waals surface area contributed by atoms with E-state index in [1.54, 1.807) is 30.3 Å². The van der Waals surface area contributed by atoms with Crippen molar-refractivity contribution in [1.29, 1.82) is 5.26 Å². The Labute approximate surface area is 162 Å². The van der Waals surface area contributed by atoms with E-state index in [1.807, 2.05) is 12.1 Å². The van der Waals surface area contributed by atoms with Gasteiger partial charge < -0.3 is 4.74 Å². The molecule has 3 aromatic rings. The van der Waals surface area contributed by atoms with Crippen molar-refractivity contribution in [2.75, 3.05) is 0 Å². The van der Waals surface area contributed by atoms with Crippen LogP contribution in [0.4, 0.5) is 4.39 Å². The highest BCUT2D eigenvalue weighted by molar-refractivity contribution is 5.91. The Morgan fingerprint density at radius 3 is 2.50 bits per heavy atom. The van der Waals surface area contributed by atoms with Crippen LogP contribution in [0.25, 0.3) is 11.3 Å². The van der Waals surface area contributed by atoms with Crippen LogP contribution in [0.15, 0.2) is 54.6 Å². The fraction of sp³-hybridized carbons (Fsp3) is 0.182. The molecule has 0 amide bonds. The first kappa shape index (κ1) is 19.2. The van der Waals surface area contributed by atoms with Crippen molar-refractivity contribution in [3.05, 3.63) is 77.2 Å². The highest BCUT2D eigenvalue weighted by Gasteiger charge is 2.11. The Kier molecular flexibility index (Phi) is 6.07. The number of carbonyl (C=O) groups excluding carboxylic acids is 1. The highest BCUT2D eigenvalue weighted by Crippen LogP contribution is 2.20. The monoisotopic (exact) mass is 375 g/mol. The molecule has 140 valence electrons. The number of rotatable bonds is 6. The Hall–Kier alpha value is -3.59. The Morgan fingerprint density at radius 1 is 1.11 bits per heavy atom. The Morgan fingerprint density at radius 2 is 1.89 bits per heavy atom. The van der Waals surface area contributed by atoms with Crippen LogP contribution in [0, 0.1) is 17.1 Å².